The van der Waals surface area contributed by atoms with Crippen molar-refractivity contribution in [1.82, 2.24) is 0 Å². The summed E-state index contributed by atoms with van der Waals surface area (Å²) < 4.78 is 11.0. The number of benzene rings is 3. The summed E-state index contributed by atoms with van der Waals surface area (Å²) in [4.78, 5) is 23.7. The number of nitro groups is 1. The first-order valence-corrected chi connectivity index (χ1v) is 8.48. The van der Waals surface area contributed by atoms with Crippen LogP contribution in [0.2, 0.25) is 0 Å². The van der Waals surface area contributed by atoms with Gasteiger partial charge in [0.05, 0.1) is 12.0 Å². The molecular weight excluding hydrogens is 360 g/mol. The largest absolute Gasteiger partial charge is 0.497 e. The van der Waals surface area contributed by atoms with Gasteiger partial charge < -0.3 is 14.8 Å². The molecule has 3 aromatic rings. The van der Waals surface area contributed by atoms with Crippen molar-refractivity contribution in [2.24, 2.45) is 0 Å². The highest BCUT2D eigenvalue weighted by molar-refractivity contribution is 5.95. The van der Waals surface area contributed by atoms with Gasteiger partial charge in [0.2, 0.25) is 6.10 Å². The quantitative estimate of drug-likeness (QED) is 0.487. The topological polar surface area (TPSA) is 90.7 Å². The van der Waals surface area contributed by atoms with Crippen LogP contribution in [0.5, 0.6) is 11.5 Å². The first-order valence-electron chi connectivity index (χ1n) is 8.48. The molecule has 1 unspecified atom stereocenters. The van der Waals surface area contributed by atoms with Crippen LogP contribution in [0.25, 0.3) is 0 Å². The molecule has 0 saturated carbocycles. The highest BCUT2D eigenvalue weighted by atomic mass is 16.6. The van der Waals surface area contributed by atoms with Crippen LogP contribution in [0.3, 0.4) is 0 Å². The van der Waals surface area contributed by atoms with E-state index in [0.717, 1.165) is 0 Å². The number of anilines is 1. The summed E-state index contributed by atoms with van der Waals surface area (Å²) in [6.45, 7) is 0. The Morgan fingerprint density at radius 3 is 2.43 bits per heavy atom. The highest BCUT2D eigenvalue weighted by Gasteiger charge is 2.26. The van der Waals surface area contributed by atoms with Crippen molar-refractivity contribution in [3.8, 4) is 11.5 Å². The molecule has 3 aromatic carbocycles. The van der Waals surface area contributed by atoms with E-state index in [1.807, 2.05) is 6.07 Å². The number of methoxy groups -OCH3 is 1. The smallest absolute Gasteiger partial charge is 0.310 e. The van der Waals surface area contributed by atoms with E-state index in [9.17, 15) is 14.9 Å². The fourth-order valence-corrected chi connectivity index (χ4v) is 2.64. The fourth-order valence-electron chi connectivity index (χ4n) is 2.64. The van der Waals surface area contributed by atoms with E-state index >= 15 is 0 Å². The molecule has 0 aliphatic carbocycles. The van der Waals surface area contributed by atoms with Crippen LogP contribution < -0.4 is 14.8 Å². The van der Waals surface area contributed by atoms with E-state index in [1.165, 1.54) is 19.2 Å². The van der Waals surface area contributed by atoms with Crippen molar-refractivity contribution in [3.63, 3.8) is 0 Å². The zero-order valence-electron chi connectivity index (χ0n) is 15.1. The van der Waals surface area contributed by atoms with Crippen molar-refractivity contribution in [1.29, 1.82) is 0 Å². The Morgan fingerprint density at radius 1 is 1.00 bits per heavy atom. The first kappa shape index (κ1) is 18.9. The lowest BCUT2D eigenvalue weighted by Gasteiger charge is -2.19. The van der Waals surface area contributed by atoms with Gasteiger partial charge in [-0.2, -0.15) is 0 Å². The average molecular weight is 378 g/mol. The van der Waals surface area contributed by atoms with Crippen molar-refractivity contribution in [2.45, 2.75) is 6.10 Å². The molecule has 0 radical (unpaired) electrons. The molecule has 142 valence electrons. The van der Waals surface area contributed by atoms with Gasteiger partial charge in [-0.3, -0.25) is 14.9 Å². The summed E-state index contributed by atoms with van der Waals surface area (Å²) in [5.74, 6) is 0.147. The predicted octanol–water partition coefficient (Wildman–Crippen LogP) is 4.36. The zero-order chi connectivity index (χ0) is 19.9. The molecule has 28 heavy (non-hydrogen) atoms. The van der Waals surface area contributed by atoms with Gasteiger partial charge in [-0.25, -0.2) is 0 Å². The van der Waals surface area contributed by atoms with Crippen LogP contribution >= 0.6 is 0 Å². The summed E-state index contributed by atoms with van der Waals surface area (Å²) >= 11 is 0. The average Bonchev–Trinajstić information content (AvgIpc) is 2.72. The van der Waals surface area contributed by atoms with Gasteiger partial charge in [0.1, 0.15) is 5.75 Å². The van der Waals surface area contributed by atoms with E-state index < -0.39 is 16.9 Å². The Labute approximate surface area is 161 Å². The Bertz CT molecular complexity index is 975. The number of rotatable bonds is 7. The van der Waals surface area contributed by atoms with E-state index in [4.69, 9.17) is 9.47 Å². The number of para-hydroxylation sites is 2. The number of carbonyl (C=O) groups is 1. The Morgan fingerprint density at radius 2 is 1.71 bits per heavy atom. The molecule has 1 N–H and O–H groups in total. The maximum absolute atomic E-state index is 13.0. The second kappa shape index (κ2) is 8.68. The molecule has 0 fully saturated rings. The van der Waals surface area contributed by atoms with Gasteiger partial charge in [0.15, 0.2) is 5.75 Å². The normalized spacial score (nSPS) is 11.3. The molecular formula is C21H18N2O5. The SMILES string of the molecule is COc1cccc(NC(=O)C(Oc2ccccc2[N+](=O)[O-])c2ccccc2)c1. The summed E-state index contributed by atoms with van der Waals surface area (Å²) in [5, 5.41) is 14.1. The number of carbonyl (C=O) groups excluding carboxylic acids is 1. The second-order valence-corrected chi connectivity index (χ2v) is 5.85. The van der Waals surface area contributed by atoms with Crippen LogP contribution in [0, 0.1) is 10.1 Å². The van der Waals surface area contributed by atoms with Crippen molar-refractivity contribution in [3.05, 3.63) is 94.5 Å². The van der Waals surface area contributed by atoms with Crippen LogP contribution in [0.1, 0.15) is 11.7 Å². The molecule has 7 nitrogen and oxygen atoms in total. The number of ether oxygens (including phenoxy) is 2. The van der Waals surface area contributed by atoms with Crippen LogP contribution in [-0.4, -0.2) is 17.9 Å². The monoisotopic (exact) mass is 378 g/mol. The number of nitrogens with one attached hydrogen (secondary N) is 1. The minimum absolute atomic E-state index is 0.0159. The van der Waals surface area contributed by atoms with Gasteiger partial charge in [-0.15, -0.1) is 0 Å². The lowest BCUT2D eigenvalue weighted by molar-refractivity contribution is -0.386. The third-order valence-corrected chi connectivity index (χ3v) is 3.98. The molecule has 0 aromatic heterocycles. The van der Waals surface area contributed by atoms with Crippen LogP contribution in [0.15, 0.2) is 78.9 Å². The summed E-state index contributed by atoms with van der Waals surface area (Å²) in [5.41, 5.74) is 0.884. The van der Waals surface area contributed by atoms with Gasteiger partial charge in [0, 0.05) is 23.4 Å². The molecule has 1 atom stereocenters. The van der Waals surface area contributed by atoms with Gasteiger partial charge in [-0.1, -0.05) is 48.5 Å². The molecule has 0 heterocycles. The number of hydrogen-bond donors (Lipinski definition) is 1. The second-order valence-electron chi connectivity index (χ2n) is 5.85. The van der Waals surface area contributed by atoms with Gasteiger partial charge in [-0.05, 0) is 18.2 Å². The van der Waals surface area contributed by atoms with E-state index in [0.29, 0.717) is 17.0 Å². The summed E-state index contributed by atoms with van der Waals surface area (Å²) in [6.07, 6.45) is -1.08. The third-order valence-electron chi connectivity index (χ3n) is 3.98. The minimum Gasteiger partial charge on any atom is -0.497 e. The minimum atomic E-state index is -1.08. The fraction of sp³-hybridized carbons (Fsp3) is 0.0952. The van der Waals surface area contributed by atoms with Crippen molar-refractivity contribution in [2.75, 3.05) is 12.4 Å². The molecule has 0 bridgehead atoms. The number of nitrogens with zero attached hydrogens (tertiary/aromatic N) is 1. The lowest BCUT2D eigenvalue weighted by atomic mass is 10.1. The maximum atomic E-state index is 13.0. The van der Waals surface area contributed by atoms with Gasteiger partial charge in [0.25, 0.3) is 5.91 Å². The molecule has 0 aliphatic rings. The summed E-state index contributed by atoms with van der Waals surface area (Å²) in [7, 11) is 1.53. The molecule has 0 saturated heterocycles. The molecule has 3 rings (SSSR count). The predicted molar refractivity (Wildman–Crippen MR) is 105 cm³/mol. The highest BCUT2D eigenvalue weighted by Crippen LogP contribution is 2.31. The van der Waals surface area contributed by atoms with E-state index in [-0.39, 0.29) is 11.4 Å². The molecule has 0 aliphatic heterocycles. The Hall–Kier alpha value is -3.87. The standard InChI is InChI=1S/C21H18N2O5/c1-27-17-11-7-10-16(14-17)22-21(24)20(15-8-3-2-4-9-15)28-19-13-6-5-12-18(19)23(25)26/h2-14,20H,1H3,(H,22,24). The number of hydrogen-bond acceptors (Lipinski definition) is 5. The third kappa shape index (κ3) is 4.45. The number of nitro benzene ring substituents is 1. The van der Waals surface area contributed by atoms with E-state index in [1.54, 1.807) is 60.7 Å². The lowest BCUT2D eigenvalue weighted by Crippen LogP contribution is -2.26. The first-order chi connectivity index (χ1) is 13.6. The molecule has 7 heteroatoms. The molecule has 1 amide bonds. The Kier molecular flexibility index (Phi) is 5.86. The van der Waals surface area contributed by atoms with Gasteiger partial charge >= 0.3 is 5.69 Å². The van der Waals surface area contributed by atoms with Crippen molar-refractivity contribution < 1.29 is 19.2 Å². The van der Waals surface area contributed by atoms with E-state index in [2.05, 4.69) is 5.32 Å². The van der Waals surface area contributed by atoms with Crippen molar-refractivity contribution >= 4 is 17.3 Å². The summed E-state index contributed by atoms with van der Waals surface area (Å²) in [6, 6.07) is 21.6. The molecule has 0 spiro atoms. The maximum Gasteiger partial charge on any atom is 0.310 e. The zero-order valence-corrected chi connectivity index (χ0v) is 15.1. The van der Waals surface area contributed by atoms with Crippen LogP contribution in [0.4, 0.5) is 11.4 Å². The van der Waals surface area contributed by atoms with Crippen LogP contribution in [-0.2, 0) is 4.79 Å². The Balaban J connectivity index is 1.91. The number of amides is 1.